The highest BCUT2D eigenvalue weighted by Gasteiger charge is 2.22. The first-order chi connectivity index (χ1) is 14.0. The van der Waals surface area contributed by atoms with Crippen molar-refractivity contribution in [2.24, 2.45) is 5.92 Å². The van der Waals surface area contributed by atoms with Crippen LogP contribution in [0.1, 0.15) is 26.3 Å². The molecule has 11 heteroatoms. The molecule has 0 saturated heterocycles. The van der Waals surface area contributed by atoms with Crippen LogP contribution in [0.5, 0.6) is 11.5 Å². The highest BCUT2D eigenvalue weighted by atomic mass is 35.5. The van der Waals surface area contributed by atoms with Crippen LogP contribution in [0.4, 0.5) is 0 Å². The predicted molar refractivity (Wildman–Crippen MR) is 130 cm³/mol. The fourth-order valence-corrected chi connectivity index (χ4v) is 8.43. The van der Waals surface area contributed by atoms with Gasteiger partial charge in [0.15, 0.2) is 0 Å². The summed E-state index contributed by atoms with van der Waals surface area (Å²) in [6.07, 6.45) is 0. The highest BCUT2D eigenvalue weighted by Crippen LogP contribution is 2.60. The molecule has 0 radical (unpaired) electrons. The monoisotopic (exact) mass is 528 g/mol. The predicted octanol–water partition coefficient (Wildman–Crippen LogP) is 6.93. The van der Waals surface area contributed by atoms with Crippen LogP contribution in [0.25, 0.3) is 0 Å². The molecule has 0 spiro atoms. The number of rotatable bonds is 11. The third-order valence-corrected chi connectivity index (χ3v) is 10.9. The van der Waals surface area contributed by atoms with Crippen LogP contribution < -0.4 is 8.71 Å². The SMILES string of the molecule is CCOP(=S)(Oc1ccc(OS(=O)(=O)Cc2ccc(Cl)c(Cl)c2)cc1)SCC(C)C. The van der Waals surface area contributed by atoms with Crippen molar-refractivity contribution in [1.82, 2.24) is 0 Å². The average Bonchev–Trinajstić information content (AvgIpc) is 2.64. The maximum absolute atomic E-state index is 12.3. The van der Waals surface area contributed by atoms with Gasteiger partial charge in [0.1, 0.15) is 17.3 Å². The molecule has 0 N–H and O–H groups in total. The van der Waals surface area contributed by atoms with Crippen molar-refractivity contribution >= 4 is 62.2 Å². The third-order valence-electron chi connectivity index (χ3n) is 3.44. The van der Waals surface area contributed by atoms with Gasteiger partial charge in [0.25, 0.3) is 5.69 Å². The lowest BCUT2D eigenvalue weighted by molar-refractivity contribution is 0.344. The average molecular weight is 529 g/mol. The van der Waals surface area contributed by atoms with Crippen LogP contribution in [0.15, 0.2) is 42.5 Å². The molecule has 2 rings (SSSR count). The van der Waals surface area contributed by atoms with E-state index in [2.05, 4.69) is 13.8 Å². The second-order valence-electron chi connectivity index (χ2n) is 6.65. The van der Waals surface area contributed by atoms with Gasteiger partial charge in [-0.2, -0.15) is 8.42 Å². The van der Waals surface area contributed by atoms with Crippen molar-refractivity contribution in [3.63, 3.8) is 0 Å². The normalized spacial score (nSPS) is 13.8. The van der Waals surface area contributed by atoms with E-state index >= 15 is 0 Å². The van der Waals surface area contributed by atoms with Crippen molar-refractivity contribution in [2.75, 3.05) is 12.4 Å². The van der Waals surface area contributed by atoms with E-state index in [1.807, 2.05) is 6.92 Å². The maximum Gasteiger partial charge on any atom is 0.313 e. The first-order valence-corrected chi connectivity index (χ1v) is 15.6. The first-order valence-electron chi connectivity index (χ1n) is 9.07. The van der Waals surface area contributed by atoms with E-state index in [1.165, 1.54) is 29.6 Å². The lowest BCUT2D eigenvalue weighted by Gasteiger charge is -2.22. The summed E-state index contributed by atoms with van der Waals surface area (Å²) in [5.41, 5.74) is -2.06. The van der Waals surface area contributed by atoms with E-state index in [0.717, 1.165) is 5.75 Å². The van der Waals surface area contributed by atoms with E-state index in [4.69, 9.17) is 48.2 Å². The second kappa shape index (κ2) is 11.4. The summed E-state index contributed by atoms with van der Waals surface area (Å²) in [5.74, 6) is 1.61. The summed E-state index contributed by atoms with van der Waals surface area (Å²) in [6.45, 7) is 6.53. The van der Waals surface area contributed by atoms with Crippen LogP contribution in [-0.4, -0.2) is 20.8 Å². The summed E-state index contributed by atoms with van der Waals surface area (Å²) in [7, 11) is -3.88. The van der Waals surface area contributed by atoms with Crippen molar-refractivity contribution in [2.45, 2.75) is 26.5 Å². The number of hydrogen-bond acceptors (Lipinski definition) is 7. The van der Waals surface area contributed by atoms with E-state index in [-0.39, 0.29) is 16.5 Å². The van der Waals surface area contributed by atoms with Crippen molar-refractivity contribution in [3.05, 3.63) is 58.1 Å². The van der Waals surface area contributed by atoms with Gasteiger partial charge in [-0.05, 0) is 66.6 Å². The molecule has 1 atom stereocenters. The maximum atomic E-state index is 12.3. The Kier molecular flexibility index (Phi) is 9.81. The second-order valence-corrected chi connectivity index (χ2v) is 15.3. The molecule has 0 aliphatic heterocycles. The Balaban J connectivity index is 2.05. The van der Waals surface area contributed by atoms with Crippen LogP contribution in [-0.2, 0) is 32.2 Å². The molecule has 0 heterocycles. The molecule has 2 aromatic rings. The Labute approximate surface area is 197 Å². The summed E-state index contributed by atoms with van der Waals surface area (Å²) in [5, 5.41) is 0.639. The van der Waals surface area contributed by atoms with Gasteiger partial charge in [-0.1, -0.05) is 54.5 Å². The minimum absolute atomic E-state index is 0.168. The molecule has 1 unspecified atom stereocenters. The molecule has 0 aromatic heterocycles. The van der Waals surface area contributed by atoms with Gasteiger partial charge in [-0.25, -0.2) is 0 Å². The minimum Gasteiger partial charge on any atom is -0.436 e. The van der Waals surface area contributed by atoms with Gasteiger partial charge < -0.3 is 13.2 Å². The lowest BCUT2D eigenvalue weighted by atomic mass is 10.2. The van der Waals surface area contributed by atoms with Crippen LogP contribution in [0, 0.1) is 5.92 Å². The molecular weight excluding hydrogens is 506 g/mol. The lowest BCUT2D eigenvalue weighted by Crippen LogP contribution is -2.12. The summed E-state index contributed by atoms with van der Waals surface area (Å²) in [4.78, 5) is 0. The molecule has 30 heavy (non-hydrogen) atoms. The molecule has 0 bridgehead atoms. The van der Waals surface area contributed by atoms with Crippen molar-refractivity contribution in [1.29, 1.82) is 0 Å². The Bertz CT molecular complexity index is 998. The van der Waals surface area contributed by atoms with E-state index in [1.54, 1.807) is 24.3 Å². The van der Waals surface area contributed by atoms with Gasteiger partial charge in [-0.15, -0.1) is 0 Å². The molecule has 0 fully saturated rings. The fraction of sp³-hybridized carbons (Fsp3) is 0.368. The third kappa shape index (κ3) is 8.58. The number of hydrogen-bond donors (Lipinski definition) is 0. The van der Waals surface area contributed by atoms with E-state index < -0.39 is 15.8 Å². The molecule has 0 saturated carbocycles. The molecule has 5 nitrogen and oxygen atoms in total. The molecule has 0 aliphatic rings. The zero-order chi connectivity index (χ0) is 22.4. The molecular formula is C19H23Cl2O5PS3. The Hall–Kier alpha value is -0.470. The quantitative estimate of drug-likeness (QED) is 0.231. The van der Waals surface area contributed by atoms with Gasteiger partial charge in [0.05, 0.1) is 16.7 Å². The Morgan fingerprint density at radius 3 is 2.27 bits per heavy atom. The Morgan fingerprint density at radius 1 is 1.07 bits per heavy atom. The summed E-state index contributed by atoms with van der Waals surface area (Å²) in [6, 6.07) is 10.9. The molecule has 2 aromatic carbocycles. The highest BCUT2D eigenvalue weighted by molar-refractivity contribution is 8.68. The number of benzene rings is 2. The van der Waals surface area contributed by atoms with Gasteiger partial charge >= 0.3 is 10.1 Å². The Morgan fingerprint density at radius 2 is 1.70 bits per heavy atom. The minimum atomic E-state index is -3.88. The zero-order valence-corrected chi connectivity index (χ0v) is 21.6. The van der Waals surface area contributed by atoms with Crippen LogP contribution in [0.3, 0.4) is 0 Å². The van der Waals surface area contributed by atoms with Crippen molar-refractivity contribution < 1.29 is 21.6 Å². The first kappa shape index (κ1) is 25.8. The van der Waals surface area contributed by atoms with E-state index in [9.17, 15) is 8.42 Å². The smallest absolute Gasteiger partial charge is 0.313 e. The zero-order valence-electron chi connectivity index (χ0n) is 16.7. The van der Waals surface area contributed by atoms with Gasteiger partial charge in [0, 0.05) is 5.75 Å². The van der Waals surface area contributed by atoms with Crippen LogP contribution >= 0.6 is 40.3 Å². The topological polar surface area (TPSA) is 61.8 Å². The molecule has 166 valence electrons. The fourth-order valence-electron chi connectivity index (χ4n) is 2.18. The van der Waals surface area contributed by atoms with Crippen LogP contribution in [0.2, 0.25) is 10.0 Å². The molecule has 0 amide bonds. The van der Waals surface area contributed by atoms with Gasteiger partial charge in [-0.3, -0.25) is 0 Å². The summed E-state index contributed by atoms with van der Waals surface area (Å²) >= 11 is 18.9. The van der Waals surface area contributed by atoms with Crippen molar-refractivity contribution in [3.8, 4) is 11.5 Å². The number of halogens is 2. The van der Waals surface area contributed by atoms with E-state index in [0.29, 0.717) is 28.9 Å². The standard InChI is InChI=1S/C19H23Cl2O5PS3/c1-4-24-27(28,29-12-14(2)3)25-16-6-8-17(9-7-16)26-30(22,23)13-15-5-10-18(20)19(21)11-15/h5-11,14H,4,12-13H2,1-3H3. The largest absolute Gasteiger partial charge is 0.436 e. The van der Waals surface area contributed by atoms with Gasteiger partial charge in [0.2, 0.25) is 0 Å². The molecule has 0 aliphatic carbocycles. The summed E-state index contributed by atoms with van der Waals surface area (Å²) < 4.78 is 41.5.